The molecule has 0 unspecified atom stereocenters. The molecule has 2 aromatic heterocycles. The number of rotatable bonds is 4. The van der Waals surface area contributed by atoms with Crippen molar-refractivity contribution in [3.05, 3.63) is 77.3 Å². The Morgan fingerprint density at radius 3 is 2.61 bits per heavy atom. The summed E-state index contributed by atoms with van der Waals surface area (Å²) in [4.78, 5) is 26.6. The third-order valence-corrected chi connectivity index (χ3v) is 6.09. The SMILES string of the molecule is CC(C)(C)C(=O)/C=c1\s/c(=C\c2cccs2)c(=O)n1Cc1ccccc1C#N. The summed E-state index contributed by atoms with van der Waals surface area (Å²) in [6, 6.07) is 13.3. The van der Waals surface area contributed by atoms with E-state index in [9.17, 15) is 14.9 Å². The van der Waals surface area contributed by atoms with Gasteiger partial charge in [0.2, 0.25) is 0 Å². The van der Waals surface area contributed by atoms with E-state index in [0.717, 1.165) is 10.4 Å². The summed E-state index contributed by atoms with van der Waals surface area (Å²) in [5, 5.41) is 11.3. The van der Waals surface area contributed by atoms with Crippen molar-refractivity contribution >= 4 is 40.6 Å². The first-order valence-corrected chi connectivity index (χ1v) is 10.5. The largest absolute Gasteiger partial charge is 0.294 e. The number of aromatic nitrogens is 1. The lowest BCUT2D eigenvalue weighted by Gasteiger charge is -2.13. The average molecular weight is 409 g/mol. The Labute approximate surface area is 171 Å². The minimum Gasteiger partial charge on any atom is -0.294 e. The van der Waals surface area contributed by atoms with Gasteiger partial charge in [0, 0.05) is 16.4 Å². The molecule has 0 fully saturated rings. The van der Waals surface area contributed by atoms with Crippen LogP contribution in [0.25, 0.3) is 12.2 Å². The summed E-state index contributed by atoms with van der Waals surface area (Å²) in [5.41, 5.74) is 0.592. The van der Waals surface area contributed by atoms with Crippen LogP contribution in [0.2, 0.25) is 0 Å². The van der Waals surface area contributed by atoms with Crippen molar-refractivity contribution in [2.24, 2.45) is 5.41 Å². The Morgan fingerprint density at radius 2 is 1.96 bits per heavy atom. The molecule has 142 valence electrons. The second-order valence-corrected chi connectivity index (χ2v) is 9.42. The van der Waals surface area contributed by atoms with Crippen molar-refractivity contribution in [3.63, 3.8) is 0 Å². The minimum atomic E-state index is -0.535. The molecule has 0 amide bonds. The molecule has 2 heterocycles. The van der Waals surface area contributed by atoms with E-state index in [1.54, 1.807) is 34.1 Å². The highest BCUT2D eigenvalue weighted by molar-refractivity contribution is 7.11. The Morgan fingerprint density at radius 1 is 1.21 bits per heavy atom. The van der Waals surface area contributed by atoms with Gasteiger partial charge in [0.25, 0.3) is 5.56 Å². The summed E-state index contributed by atoms with van der Waals surface area (Å²) in [7, 11) is 0. The van der Waals surface area contributed by atoms with Crippen LogP contribution in [0.4, 0.5) is 0 Å². The lowest BCUT2D eigenvalue weighted by molar-refractivity contribution is -0.120. The van der Waals surface area contributed by atoms with Crippen molar-refractivity contribution in [1.82, 2.24) is 4.57 Å². The molecule has 6 heteroatoms. The number of benzene rings is 1. The molecular weight excluding hydrogens is 388 g/mol. The maximum absolute atomic E-state index is 13.1. The number of hydrogen-bond donors (Lipinski definition) is 0. The minimum absolute atomic E-state index is 0.0428. The summed E-state index contributed by atoms with van der Waals surface area (Å²) in [6.45, 7) is 5.81. The quantitative estimate of drug-likeness (QED) is 0.666. The number of thiazole rings is 1. The van der Waals surface area contributed by atoms with E-state index < -0.39 is 5.41 Å². The Hall–Kier alpha value is -2.75. The summed E-state index contributed by atoms with van der Waals surface area (Å²) in [6.07, 6.45) is 3.40. The Balaban J connectivity index is 2.21. The van der Waals surface area contributed by atoms with Crippen LogP contribution in [-0.2, 0) is 11.3 Å². The van der Waals surface area contributed by atoms with Gasteiger partial charge in [-0.3, -0.25) is 14.2 Å². The van der Waals surface area contributed by atoms with Crippen molar-refractivity contribution < 1.29 is 4.79 Å². The molecule has 1 aromatic carbocycles. The van der Waals surface area contributed by atoms with Gasteiger partial charge < -0.3 is 0 Å². The van der Waals surface area contributed by atoms with Crippen LogP contribution in [0, 0.1) is 16.7 Å². The first-order chi connectivity index (χ1) is 13.3. The molecule has 0 radical (unpaired) electrons. The van der Waals surface area contributed by atoms with Gasteiger partial charge in [-0.25, -0.2) is 0 Å². The van der Waals surface area contributed by atoms with Crippen LogP contribution in [0.15, 0.2) is 46.6 Å². The molecule has 0 spiro atoms. The van der Waals surface area contributed by atoms with E-state index in [-0.39, 0.29) is 17.9 Å². The molecular formula is C22H20N2O2S2. The van der Waals surface area contributed by atoms with E-state index in [1.165, 1.54) is 11.3 Å². The summed E-state index contributed by atoms with van der Waals surface area (Å²) in [5.74, 6) is -0.0428. The molecule has 0 N–H and O–H groups in total. The molecule has 28 heavy (non-hydrogen) atoms. The molecule has 0 bridgehead atoms. The van der Waals surface area contributed by atoms with Gasteiger partial charge in [-0.15, -0.1) is 22.7 Å². The topological polar surface area (TPSA) is 62.9 Å². The lowest BCUT2D eigenvalue weighted by Crippen LogP contribution is -2.33. The molecule has 0 saturated carbocycles. The first kappa shape index (κ1) is 20.0. The van der Waals surface area contributed by atoms with Crippen molar-refractivity contribution in [1.29, 1.82) is 5.26 Å². The van der Waals surface area contributed by atoms with Gasteiger partial charge >= 0.3 is 0 Å². The van der Waals surface area contributed by atoms with Gasteiger partial charge in [0.05, 0.1) is 22.7 Å². The maximum atomic E-state index is 13.1. The van der Waals surface area contributed by atoms with E-state index in [4.69, 9.17) is 0 Å². The molecule has 0 saturated heterocycles. The fourth-order valence-electron chi connectivity index (χ4n) is 2.56. The zero-order chi connectivity index (χ0) is 20.3. The average Bonchev–Trinajstić information content (AvgIpc) is 3.25. The number of carbonyl (C=O) groups is 1. The fourth-order valence-corrected chi connectivity index (χ4v) is 4.33. The van der Waals surface area contributed by atoms with Crippen LogP contribution >= 0.6 is 22.7 Å². The number of nitrogens with zero attached hydrogens (tertiary/aromatic N) is 2. The van der Waals surface area contributed by atoms with Crippen molar-refractivity contribution in [3.8, 4) is 6.07 Å². The number of thiophene rings is 1. The van der Waals surface area contributed by atoms with Gasteiger partial charge in [0.15, 0.2) is 5.78 Å². The summed E-state index contributed by atoms with van der Waals surface area (Å²) >= 11 is 2.86. The van der Waals surface area contributed by atoms with Crippen molar-refractivity contribution in [2.75, 3.05) is 0 Å². The third-order valence-electron chi connectivity index (χ3n) is 4.21. The zero-order valence-electron chi connectivity index (χ0n) is 15.9. The van der Waals surface area contributed by atoms with Crippen LogP contribution < -0.4 is 14.8 Å². The Kier molecular flexibility index (Phi) is 5.78. The number of carbonyl (C=O) groups excluding carboxylic acids is 1. The van der Waals surface area contributed by atoms with Crippen molar-refractivity contribution in [2.45, 2.75) is 27.3 Å². The van der Waals surface area contributed by atoms with Crippen LogP contribution in [0.3, 0.4) is 0 Å². The van der Waals surface area contributed by atoms with E-state index >= 15 is 0 Å². The fraction of sp³-hybridized carbons (Fsp3) is 0.227. The molecule has 3 rings (SSSR count). The van der Waals surface area contributed by atoms with Gasteiger partial charge in [-0.1, -0.05) is 45.0 Å². The second kappa shape index (κ2) is 8.09. The number of ketones is 1. The third kappa shape index (κ3) is 4.38. The predicted molar refractivity (Wildman–Crippen MR) is 115 cm³/mol. The molecule has 0 aliphatic rings. The van der Waals surface area contributed by atoms with Crippen LogP contribution in [0.5, 0.6) is 0 Å². The van der Waals surface area contributed by atoms with E-state index in [0.29, 0.717) is 14.8 Å². The summed E-state index contributed by atoms with van der Waals surface area (Å²) < 4.78 is 2.76. The molecule has 0 atom stereocenters. The highest BCUT2D eigenvalue weighted by Crippen LogP contribution is 2.15. The number of nitriles is 1. The molecule has 0 aliphatic carbocycles. The van der Waals surface area contributed by atoms with Gasteiger partial charge in [0.1, 0.15) is 4.66 Å². The Bertz CT molecular complexity index is 1220. The zero-order valence-corrected chi connectivity index (χ0v) is 17.6. The highest BCUT2D eigenvalue weighted by Gasteiger charge is 2.19. The van der Waals surface area contributed by atoms with E-state index in [2.05, 4.69) is 6.07 Å². The van der Waals surface area contributed by atoms with Crippen LogP contribution in [0.1, 0.15) is 36.8 Å². The number of Topliss-reactive ketones (excluding diaryl/α,β-unsaturated/α-hetero) is 1. The molecule has 4 nitrogen and oxygen atoms in total. The highest BCUT2D eigenvalue weighted by atomic mass is 32.1. The lowest BCUT2D eigenvalue weighted by atomic mass is 9.91. The predicted octanol–water partition coefficient (Wildman–Crippen LogP) is 3.12. The van der Waals surface area contributed by atoms with E-state index in [1.807, 2.05) is 56.5 Å². The first-order valence-electron chi connectivity index (χ1n) is 8.78. The second-order valence-electron chi connectivity index (χ2n) is 7.38. The van der Waals surface area contributed by atoms with Crippen LogP contribution in [-0.4, -0.2) is 10.4 Å². The molecule has 3 aromatic rings. The van der Waals surface area contributed by atoms with Gasteiger partial charge in [-0.2, -0.15) is 5.26 Å². The normalized spacial score (nSPS) is 12.9. The standard InChI is InChI=1S/C22H20N2O2S2/c1-22(2,3)19(25)12-20-24(14-16-8-5-4-7-15(16)13-23)21(26)18(28-20)11-17-9-6-10-27-17/h4-12H,14H2,1-3H3/b18-11-,20-12-. The molecule has 0 aliphatic heterocycles. The van der Waals surface area contributed by atoms with Gasteiger partial charge in [-0.05, 0) is 29.2 Å². The smallest absolute Gasteiger partial charge is 0.269 e. The number of hydrogen-bond acceptors (Lipinski definition) is 5. The maximum Gasteiger partial charge on any atom is 0.269 e. The monoisotopic (exact) mass is 408 g/mol.